The molecule has 2 heterocycles. The minimum atomic E-state index is -0.578. The minimum absolute atomic E-state index is 0.184. The molecule has 3 rings (SSSR count). The number of fused-ring (bicyclic) bond motifs is 1. The molecule has 118 valence electrons. The molecule has 2 aliphatic rings. The fourth-order valence-electron chi connectivity index (χ4n) is 2.79. The lowest BCUT2D eigenvalue weighted by Gasteiger charge is -2.43. The number of nitrogens with zero attached hydrogens (tertiary/aromatic N) is 2. The van der Waals surface area contributed by atoms with Gasteiger partial charge in [0.15, 0.2) is 0 Å². The van der Waals surface area contributed by atoms with Crippen molar-refractivity contribution in [2.45, 2.75) is 6.04 Å². The van der Waals surface area contributed by atoms with Crippen LogP contribution in [0.1, 0.15) is 5.56 Å². The van der Waals surface area contributed by atoms with Crippen LogP contribution in [0, 0.1) is 12.3 Å². The molecular weight excluding hydrogens is 296 g/mol. The Bertz CT molecular complexity index is 710. The van der Waals surface area contributed by atoms with Crippen molar-refractivity contribution >= 4 is 23.5 Å². The van der Waals surface area contributed by atoms with Crippen LogP contribution in [0.5, 0.6) is 0 Å². The van der Waals surface area contributed by atoms with Crippen LogP contribution in [-0.4, -0.2) is 59.9 Å². The van der Waals surface area contributed by atoms with Crippen molar-refractivity contribution in [3.05, 3.63) is 29.8 Å². The molecule has 0 unspecified atom stereocenters. The molecule has 2 fully saturated rings. The summed E-state index contributed by atoms with van der Waals surface area (Å²) in [5.41, 5.74) is 1.31. The van der Waals surface area contributed by atoms with Gasteiger partial charge < -0.3 is 20.4 Å². The summed E-state index contributed by atoms with van der Waals surface area (Å²) in [6.07, 6.45) is 5.34. The van der Waals surface area contributed by atoms with Crippen LogP contribution in [0.25, 0.3) is 0 Å². The average Bonchev–Trinajstić information content (AvgIpc) is 2.58. The zero-order valence-electron chi connectivity index (χ0n) is 12.4. The lowest BCUT2D eigenvalue weighted by atomic mass is 10.1. The number of nitrogens with one attached hydrogen (secondary N) is 2. The number of carbonyl (C=O) groups is 3. The second-order valence-electron chi connectivity index (χ2n) is 5.46. The first-order chi connectivity index (χ1) is 11.1. The number of rotatable bonds is 1. The van der Waals surface area contributed by atoms with Crippen LogP contribution in [0.3, 0.4) is 0 Å². The van der Waals surface area contributed by atoms with E-state index in [1.807, 2.05) is 0 Å². The van der Waals surface area contributed by atoms with E-state index in [9.17, 15) is 14.4 Å². The first-order valence-electron chi connectivity index (χ1n) is 7.30. The predicted octanol–water partition coefficient (Wildman–Crippen LogP) is -0.158. The molecule has 1 atom stereocenters. The van der Waals surface area contributed by atoms with E-state index in [1.165, 1.54) is 4.90 Å². The molecule has 23 heavy (non-hydrogen) atoms. The maximum Gasteiger partial charge on any atom is 0.321 e. The lowest BCUT2D eigenvalue weighted by molar-refractivity contribution is -0.152. The standard InChI is InChI=1S/C16H16N4O3/c1-2-11-4-3-5-12(8-11)18-16(23)19-6-7-20-13(10-19)9-17-14(21)15(20)22/h1,3-5,8,13H,6-7,9-10H2,(H,17,21)(H,18,23)/t13-/m1/s1. The van der Waals surface area contributed by atoms with E-state index in [4.69, 9.17) is 6.42 Å². The highest BCUT2D eigenvalue weighted by molar-refractivity contribution is 6.35. The molecule has 1 aromatic carbocycles. The molecule has 2 saturated heterocycles. The first kappa shape index (κ1) is 14.9. The fraction of sp³-hybridized carbons (Fsp3) is 0.312. The lowest BCUT2D eigenvalue weighted by Crippen LogP contribution is -2.66. The van der Waals surface area contributed by atoms with E-state index in [-0.39, 0.29) is 12.1 Å². The fourth-order valence-corrected chi connectivity index (χ4v) is 2.79. The molecule has 7 heteroatoms. The highest BCUT2D eigenvalue weighted by Gasteiger charge is 2.38. The van der Waals surface area contributed by atoms with Crippen LogP contribution in [0.4, 0.5) is 10.5 Å². The Morgan fingerprint density at radius 2 is 2.17 bits per heavy atom. The Labute approximate surface area is 133 Å². The second kappa shape index (κ2) is 6.01. The van der Waals surface area contributed by atoms with Gasteiger partial charge in [-0.05, 0) is 18.2 Å². The number of anilines is 1. The predicted molar refractivity (Wildman–Crippen MR) is 83.5 cm³/mol. The van der Waals surface area contributed by atoms with Crippen LogP contribution >= 0.6 is 0 Å². The average molecular weight is 312 g/mol. The Kier molecular flexibility index (Phi) is 3.89. The number of hydrogen-bond acceptors (Lipinski definition) is 3. The Morgan fingerprint density at radius 1 is 1.35 bits per heavy atom. The van der Waals surface area contributed by atoms with Gasteiger partial charge in [0.25, 0.3) is 0 Å². The quantitative estimate of drug-likeness (QED) is 0.558. The highest BCUT2D eigenvalue weighted by atomic mass is 16.2. The summed E-state index contributed by atoms with van der Waals surface area (Å²) in [7, 11) is 0. The molecule has 1 aromatic rings. The Hall–Kier alpha value is -3.01. The largest absolute Gasteiger partial charge is 0.346 e. The number of piperazine rings is 2. The van der Waals surface area contributed by atoms with E-state index in [2.05, 4.69) is 16.6 Å². The maximum absolute atomic E-state index is 12.4. The van der Waals surface area contributed by atoms with E-state index in [0.717, 1.165) is 0 Å². The molecule has 7 nitrogen and oxygen atoms in total. The van der Waals surface area contributed by atoms with Gasteiger partial charge in [0.1, 0.15) is 0 Å². The minimum Gasteiger partial charge on any atom is -0.346 e. The highest BCUT2D eigenvalue weighted by Crippen LogP contribution is 2.15. The number of amides is 4. The first-order valence-corrected chi connectivity index (χ1v) is 7.30. The molecule has 0 saturated carbocycles. The summed E-state index contributed by atoms with van der Waals surface area (Å²) in [6, 6.07) is 6.61. The van der Waals surface area contributed by atoms with Gasteiger partial charge in [-0.2, -0.15) is 0 Å². The van der Waals surface area contributed by atoms with Crippen molar-refractivity contribution in [3.63, 3.8) is 0 Å². The third-order valence-electron chi connectivity index (χ3n) is 4.00. The van der Waals surface area contributed by atoms with E-state index < -0.39 is 11.8 Å². The molecule has 2 N–H and O–H groups in total. The van der Waals surface area contributed by atoms with Crippen LogP contribution in [0.15, 0.2) is 24.3 Å². The van der Waals surface area contributed by atoms with Gasteiger partial charge >= 0.3 is 17.8 Å². The van der Waals surface area contributed by atoms with Crippen molar-refractivity contribution in [3.8, 4) is 12.3 Å². The molecular formula is C16H16N4O3. The third-order valence-corrected chi connectivity index (χ3v) is 4.00. The van der Waals surface area contributed by atoms with Crippen molar-refractivity contribution in [1.82, 2.24) is 15.1 Å². The van der Waals surface area contributed by atoms with Gasteiger partial charge in [-0.25, -0.2) is 4.79 Å². The number of carbonyl (C=O) groups excluding carboxylic acids is 3. The number of urea groups is 1. The van der Waals surface area contributed by atoms with Crippen molar-refractivity contribution in [2.24, 2.45) is 0 Å². The van der Waals surface area contributed by atoms with E-state index >= 15 is 0 Å². The Balaban J connectivity index is 1.64. The monoisotopic (exact) mass is 312 g/mol. The topological polar surface area (TPSA) is 81.8 Å². The van der Waals surface area contributed by atoms with Crippen molar-refractivity contribution in [2.75, 3.05) is 31.5 Å². The molecule has 2 aliphatic heterocycles. The van der Waals surface area contributed by atoms with Gasteiger partial charge in [0.05, 0.1) is 6.04 Å². The smallest absolute Gasteiger partial charge is 0.321 e. The molecule has 4 amide bonds. The van der Waals surface area contributed by atoms with Gasteiger partial charge in [0.2, 0.25) is 0 Å². The van der Waals surface area contributed by atoms with Crippen LogP contribution < -0.4 is 10.6 Å². The summed E-state index contributed by atoms with van der Waals surface area (Å²) >= 11 is 0. The van der Waals surface area contributed by atoms with Crippen LogP contribution in [0.2, 0.25) is 0 Å². The van der Waals surface area contributed by atoms with Gasteiger partial charge in [-0.3, -0.25) is 9.59 Å². The number of benzene rings is 1. The summed E-state index contributed by atoms with van der Waals surface area (Å²) in [4.78, 5) is 38.7. The molecule has 0 bridgehead atoms. The summed E-state index contributed by atoms with van der Waals surface area (Å²) in [6.45, 7) is 1.48. The number of hydrogen-bond donors (Lipinski definition) is 2. The molecule has 0 aromatic heterocycles. The Morgan fingerprint density at radius 3 is 2.96 bits per heavy atom. The molecule has 0 spiro atoms. The van der Waals surface area contributed by atoms with Gasteiger partial charge in [-0.15, -0.1) is 6.42 Å². The summed E-state index contributed by atoms with van der Waals surface area (Å²) in [5, 5.41) is 5.35. The number of terminal acetylenes is 1. The van der Waals surface area contributed by atoms with Gasteiger partial charge in [0, 0.05) is 37.4 Å². The van der Waals surface area contributed by atoms with Crippen molar-refractivity contribution in [1.29, 1.82) is 0 Å². The maximum atomic E-state index is 12.4. The van der Waals surface area contributed by atoms with Crippen molar-refractivity contribution < 1.29 is 14.4 Å². The summed E-state index contributed by atoms with van der Waals surface area (Å²) < 4.78 is 0. The summed E-state index contributed by atoms with van der Waals surface area (Å²) in [5.74, 6) is 1.41. The SMILES string of the molecule is C#Cc1cccc(NC(=O)N2CCN3C(=O)C(=O)NC[C@@H]3C2)c1. The molecule has 0 radical (unpaired) electrons. The van der Waals surface area contributed by atoms with Gasteiger partial charge in [-0.1, -0.05) is 12.0 Å². The zero-order chi connectivity index (χ0) is 16.4. The molecule has 0 aliphatic carbocycles. The normalized spacial score (nSPS) is 20.4. The van der Waals surface area contributed by atoms with E-state index in [0.29, 0.717) is 37.4 Å². The zero-order valence-corrected chi connectivity index (χ0v) is 12.4. The second-order valence-corrected chi connectivity index (χ2v) is 5.46. The van der Waals surface area contributed by atoms with E-state index in [1.54, 1.807) is 29.2 Å². The van der Waals surface area contributed by atoms with Crippen LogP contribution in [-0.2, 0) is 9.59 Å². The third kappa shape index (κ3) is 2.97.